The first-order chi connectivity index (χ1) is 7.47. The van der Waals surface area contributed by atoms with Crippen molar-refractivity contribution >= 4 is 15.7 Å². The minimum Gasteiger partial charge on any atom is -0.383 e. The second-order valence-electron chi connectivity index (χ2n) is 4.75. The fraction of sp³-hybridized carbons (Fsp3) is 1.00. The number of ether oxygens (including phenoxy) is 1. The maximum absolute atomic E-state index is 13.3. The van der Waals surface area contributed by atoms with Gasteiger partial charge in [0.25, 0.3) is 0 Å². The zero-order chi connectivity index (χ0) is 12.4. The first-order valence-electron chi connectivity index (χ1n) is 5.93. The molecule has 2 nitrogen and oxygen atoms in total. The first-order valence-corrected chi connectivity index (χ1v) is 5.93. The Hall–Kier alpha value is -0.0201. The van der Waals surface area contributed by atoms with Gasteiger partial charge in [0.1, 0.15) is 6.17 Å². The van der Waals surface area contributed by atoms with Gasteiger partial charge in [0.2, 0.25) is 0 Å². The molecule has 2 rings (SSSR count). The van der Waals surface area contributed by atoms with Crippen LogP contribution in [0, 0.1) is 0 Å². The molecule has 16 heavy (non-hydrogen) atoms. The van der Waals surface area contributed by atoms with Crippen molar-refractivity contribution in [2.24, 2.45) is 0 Å². The lowest BCUT2D eigenvalue weighted by Gasteiger charge is -2.31. The monoisotopic (exact) mass is 223 g/mol. The molecule has 0 bridgehead atoms. The summed E-state index contributed by atoms with van der Waals surface area (Å²) in [7, 11) is 13.4. The van der Waals surface area contributed by atoms with Gasteiger partial charge >= 0.3 is 0 Å². The highest BCUT2D eigenvalue weighted by molar-refractivity contribution is 6.40. The zero-order valence-corrected chi connectivity index (χ0v) is 10.5. The average Bonchev–Trinajstić information content (AvgIpc) is 2.55. The molecule has 4 radical (unpaired) electrons. The summed E-state index contributed by atoms with van der Waals surface area (Å²) in [5, 5.41) is -0.682. The maximum Gasteiger partial charge on any atom is 0.115 e. The van der Waals surface area contributed by atoms with Crippen molar-refractivity contribution in [1.82, 2.24) is 4.90 Å². The van der Waals surface area contributed by atoms with Crippen molar-refractivity contribution in [2.45, 2.75) is 43.6 Å². The van der Waals surface area contributed by atoms with Gasteiger partial charge in [0.05, 0.1) is 22.3 Å². The predicted octanol–water partition coefficient (Wildman–Crippen LogP) is 1.30. The molecule has 2 saturated heterocycles. The lowest BCUT2D eigenvalue weighted by Crippen LogP contribution is -2.42. The average molecular weight is 223 g/mol. The van der Waals surface area contributed by atoms with E-state index >= 15 is 0 Å². The second kappa shape index (κ2) is 5.09. The van der Waals surface area contributed by atoms with Crippen molar-refractivity contribution in [1.29, 1.82) is 0 Å². The van der Waals surface area contributed by atoms with Gasteiger partial charge in [-0.15, -0.1) is 0 Å². The zero-order valence-electron chi connectivity index (χ0n) is 10.5. The Morgan fingerprint density at radius 2 is 2.06 bits per heavy atom. The van der Waals surface area contributed by atoms with Crippen LogP contribution in [-0.4, -0.2) is 59.1 Å². The maximum atomic E-state index is 13.3. The van der Waals surface area contributed by atoms with Crippen LogP contribution < -0.4 is 0 Å². The van der Waals surface area contributed by atoms with E-state index in [-0.39, 0.29) is 5.54 Å². The van der Waals surface area contributed by atoms with Gasteiger partial charge in [-0.3, -0.25) is 4.90 Å². The van der Waals surface area contributed by atoms with Gasteiger partial charge in [-0.25, -0.2) is 4.39 Å². The SMILES string of the molecule is CC.[B]C1([B])CN2CC(F)CC2(COC)C1. The van der Waals surface area contributed by atoms with Gasteiger partial charge in [0, 0.05) is 25.6 Å². The third-order valence-corrected chi connectivity index (χ3v) is 3.25. The molecule has 0 spiro atoms. The summed E-state index contributed by atoms with van der Waals surface area (Å²) in [6.45, 7) is 5.53. The molecule has 0 saturated carbocycles. The van der Waals surface area contributed by atoms with E-state index in [2.05, 4.69) is 0 Å². The summed E-state index contributed by atoms with van der Waals surface area (Å²) in [5.41, 5.74) is -0.252. The van der Waals surface area contributed by atoms with Crippen LogP contribution in [0.5, 0.6) is 0 Å². The number of halogens is 1. The van der Waals surface area contributed by atoms with Crippen LogP contribution in [0.4, 0.5) is 4.39 Å². The van der Waals surface area contributed by atoms with E-state index in [1.807, 2.05) is 18.7 Å². The van der Waals surface area contributed by atoms with E-state index in [1.54, 1.807) is 7.11 Å². The number of hydrogen-bond donors (Lipinski definition) is 0. The fourth-order valence-electron chi connectivity index (χ4n) is 2.95. The normalized spacial score (nSPS) is 36.6. The van der Waals surface area contributed by atoms with Crippen LogP contribution in [0.25, 0.3) is 0 Å². The highest BCUT2D eigenvalue weighted by atomic mass is 19.1. The number of nitrogens with zero attached hydrogens (tertiary/aromatic N) is 1. The Labute approximate surface area is 101 Å². The molecule has 2 aliphatic heterocycles. The number of hydrogen-bond acceptors (Lipinski definition) is 2. The molecule has 0 aromatic carbocycles. The van der Waals surface area contributed by atoms with Crippen molar-refractivity contribution in [3.63, 3.8) is 0 Å². The van der Waals surface area contributed by atoms with Crippen LogP contribution in [0.1, 0.15) is 26.7 Å². The Morgan fingerprint density at radius 3 is 2.62 bits per heavy atom. The molecule has 0 aromatic rings. The Kier molecular flexibility index (Phi) is 4.47. The molecule has 88 valence electrons. The lowest BCUT2D eigenvalue weighted by molar-refractivity contribution is 0.0651. The van der Waals surface area contributed by atoms with Crippen molar-refractivity contribution in [3.8, 4) is 0 Å². The summed E-state index contributed by atoms with van der Waals surface area (Å²) < 4.78 is 18.4. The van der Waals surface area contributed by atoms with Crippen LogP contribution >= 0.6 is 0 Å². The van der Waals surface area contributed by atoms with Crippen molar-refractivity contribution in [3.05, 3.63) is 0 Å². The topological polar surface area (TPSA) is 12.5 Å². The van der Waals surface area contributed by atoms with Gasteiger partial charge in [-0.1, -0.05) is 19.1 Å². The standard InChI is InChI=1S/C9H14B2FNO.C2H6/c1-14-6-8-2-7(12)3-13(8)5-9(10,11)4-8;1-2/h7H,2-6H2,1H3;1-2H3. The van der Waals surface area contributed by atoms with Crippen LogP contribution in [0.15, 0.2) is 0 Å². The number of fused-ring (bicyclic) bond motifs is 1. The second-order valence-corrected chi connectivity index (χ2v) is 4.75. The molecule has 0 N–H and O–H groups in total. The lowest BCUT2D eigenvalue weighted by atomic mass is 9.52. The Bertz CT molecular complexity index is 240. The predicted molar refractivity (Wildman–Crippen MR) is 65.9 cm³/mol. The number of alkyl halides is 1. The van der Waals surface area contributed by atoms with Gasteiger partial charge in [0.15, 0.2) is 0 Å². The van der Waals surface area contributed by atoms with E-state index < -0.39 is 11.4 Å². The van der Waals surface area contributed by atoms with Crippen LogP contribution in [-0.2, 0) is 4.74 Å². The molecule has 0 amide bonds. The molecule has 0 aromatic heterocycles. The molecule has 0 aliphatic carbocycles. The van der Waals surface area contributed by atoms with Crippen molar-refractivity contribution in [2.75, 3.05) is 26.8 Å². The Morgan fingerprint density at radius 1 is 1.44 bits per heavy atom. The molecule has 2 atom stereocenters. The summed E-state index contributed by atoms with van der Waals surface area (Å²) in [6, 6.07) is 0. The van der Waals surface area contributed by atoms with Gasteiger partial charge in [-0.05, 0) is 13.0 Å². The highest BCUT2D eigenvalue weighted by Crippen LogP contribution is 2.48. The quantitative estimate of drug-likeness (QED) is 0.654. The van der Waals surface area contributed by atoms with E-state index in [9.17, 15) is 4.39 Å². The summed E-state index contributed by atoms with van der Waals surface area (Å²) in [4.78, 5) is 2.04. The largest absolute Gasteiger partial charge is 0.383 e. The smallest absolute Gasteiger partial charge is 0.115 e. The van der Waals surface area contributed by atoms with Gasteiger partial charge in [-0.2, -0.15) is 0 Å². The summed E-state index contributed by atoms with van der Waals surface area (Å²) in [5.74, 6) is 0. The summed E-state index contributed by atoms with van der Waals surface area (Å²) >= 11 is 0. The Balaban J connectivity index is 0.000000606. The minimum atomic E-state index is -0.763. The van der Waals surface area contributed by atoms with Crippen LogP contribution in [0.2, 0.25) is 5.21 Å². The van der Waals surface area contributed by atoms with Crippen LogP contribution in [0.3, 0.4) is 0 Å². The van der Waals surface area contributed by atoms with Crippen molar-refractivity contribution < 1.29 is 9.13 Å². The first kappa shape index (κ1) is 14.0. The fourth-order valence-corrected chi connectivity index (χ4v) is 2.95. The molecule has 2 aliphatic rings. The molecular weight excluding hydrogens is 203 g/mol. The molecular formula is C11H20B2FNO. The number of methoxy groups -OCH3 is 1. The third-order valence-electron chi connectivity index (χ3n) is 3.25. The van der Waals surface area contributed by atoms with E-state index in [0.717, 1.165) is 0 Å². The van der Waals surface area contributed by atoms with E-state index in [1.165, 1.54) is 0 Å². The van der Waals surface area contributed by atoms with Gasteiger partial charge < -0.3 is 4.74 Å². The molecule has 2 unspecified atom stereocenters. The van der Waals surface area contributed by atoms with E-state index in [0.29, 0.717) is 32.5 Å². The highest BCUT2D eigenvalue weighted by Gasteiger charge is 2.53. The summed E-state index contributed by atoms with van der Waals surface area (Å²) in [6.07, 6.45) is 0.354. The third kappa shape index (κ3) is 2.62. The molecule has 2 heterocycles. The molecule has 2 fully saturated rings. The number of rotatable bonds is 2. The minimum absolute atomic E-state index is 0.252. The van der Waals surface area contributed by atoms with E-state index in [4.69, 9.17) is 20.4 Å². The molecule has 5 heteroatoms.